The first-order chi connectivity index (χ1) is 15.8. The highest BCUT2D eigenvalue weighted by Crippen LogP contribution is 2.12. The molecule has 5 unspecified atom stereocenters. The van der Waals surface area contributed by atoms with E-state index in [1.54, 1.807) is 0 Å². The minimum absolute atomic E-state index is 0.0189. The highest BCUT2D eigenvalue weighted by atomic mass is 16.4. The van der Waals surface area contributed by atoms with Crippen molar-refractivity contribution in [3.8, 4) is 5.75 Å². The Morgan fingerprint density at radius 3 is 1.94 bits per heavy atom. The molecule has 0 spiro atoms. The number of hydrogen-bond acceptors (Lipinski definition) is 8. The van der Waals surface area contributed by atoms with Gasteiger partial charge in [-0.15, -0.1) is 0 Å². The maximum atomic E-state index is 12.9. The number of aliphatic carboxylic acids is 1. The van der Waals surface area contributed by atoms with Gasteiger partial charge in [-0.2, -0.15) is 0 Å². The molecule has 1 aromatic carbocycles. The van der Waals surface area contributed by atoms with E-state index >= 15 is 0 Å². The van der Waals surface area contributed by atoms with E-state index in [2.05, 4.69) is 16.0 Å². The summed E-state index contributed by atoms with van der Waals surface area (Å²) in [5, 5.41) is 44.7. The van der Waals surface area contributed by atoms with Crippen molar-refractivity contribution >= 4 is 23.7 Å². The standard InChI is InChI=1S/C22H34N4O8/c1-11(2)8-15(23)19(30)26-18(12(3)28)21(32)24-16(9-13-4-6-14(29)7-5-13)20(31)25-17(10-27)22(33)34/h4-7,11-12,15-18,27-29H,8-10,23H2,1-3H3,(H,24,32)(H,25,31)(H,26,30)(H,33,34). The first-order valence-corrected chi connectivity index (χ1v) is 10.8. The van der Waals surface area contributed by atoms with Crippen molar-refractivity contribution in [1.82, 2.24) is 16.0 Å². The minimum atomic E-state index is -1.60. The van der Waals surface area contributed by atoms with Crippen LogP contribution in [0.25, 0.3) is 0 Å². The molecule has 190 valence electrons. The molecule has 0 radical (unpaired) electrons. The van der Waals surface area contributed by atoms with E-state index in [9.17, 15) is 34.5 Å². The second kappa shape index (κ2) is 13.5. The van der Waals surface area contributed by atoms with Gasteiger partial charge in [0.2, 0.25) is 17.7 Å². The summed E-state index contributed by atoms with van der Waals surface area (Å²) >= 11 is 0. The van der Waals surface area contributed by atoms with Gasteiger partial charge in [-0.05, 0) is 37.0 Å². The molecule has 12 nitrogen and oxygen atoms in total. The minimum Gasteiger partial charge on any atom is -0.508 e. The number of hydrogen-bond donors (Lipinski definition) is 8. The van der Waals surface area contributed by atoms with Gasteiger partial charge < -0.3 is 42.1 Å². The van der Waals surface area contributed by atoms with E-state index in [-0.39, 0.29) is 18.1 Å². The lowest BCUT2D eigenvalue weighted by Crippen LogP contribution is -2.60. The smallest absolute Gasteiger partial charge is 0.328 e. The second-order valence-electron chi connectivity index (χ2n) is 8.48. The lowest BCUT2D eigenvalue weighted by Gasteiger charge is -2.26. The Labute approximate surface area is 197 Å². The third-order valence-electron chi connectivity index (χ3n) is 4.93. The third kappa shape index (κ3) is 9.33. The second-order valence-corrected chi connectivity index (χ2v) is 8.48. The maximum Gasteiger partial charge on any atom is 0.328 e. The summed E-state index contributed by atoms with van der Waals surface area (Å²) in [6.45, 7) is 4.14. The van der Waals surface area contributed by atoms with Crippen molar-refractivity contribution in [2.75, 3.05) is 6.61 Å². The molecule has 3 amide bonds. The molecule has 0 aliphatic rings. The Bertz CT molecular complexity index is 844. The van der Waals surface area contributed by atoms with Crippen LogP contribution in [0.2, 0.25) is 0 Å². The van der Waals surface area contributed by atoms with Crippen LogP contribution in [0.1, 0.15) is 32.8 Å². The number of aliphatic hydroxyl groups excluding tert-OH is 2. The lowest BCUT2D eigenvalue weighted by molar-refractivity contribution is -0.143. The zero-order chi connectivity index (χ0) is 26.0. The van der Waals surface area contributed by atoms with E-state index < -0.39 is 60.6 Å². The molecule has 0 aromatic heterocycles. The van der Waals surface area contributed by atoms with Gasteiger partial charge in [0.15, 0.2) is 0 Å². The Balaban J connectivity index is 3.07. The number of carboxylic acid groups (broad SMARTS) is 1. The molecule has 12 heteroatoms. The molecule has 9 N–H and O–H groups in total. The lowest BCUT2D eigenvalue weighted by atomic mass is 10.0. The molecule has 0 aliphatic heterocycles. The Hall–Kier alpha value is -3.22. The predicted molar refractivity (Wildman–Crippen MR) is 121 cm³/mol. The van der Waals surface area contributed by atoms with Crippen molar-refractivity contribution in [2.45, 2.75) is 63.9 Å². The van der Waals surface area contributed by atoms with Crippen molar-refractivity contribution in [1.29, 1.82) is 0 Å². The molecule has 1 aromatic rings. The van der Waals surface area contributed by atoms with Crippen LogP contribution in [0.3, 0.4) is 0 Å². The normalized spacial score (nSPS) is 15.5. The summed E-state index contributed by atoms with van der Waals surface area (Å²) in [6.07, 6.45) is -1.09. The van der Waals surface area contributed by atoms with E-state index in [0.717, 1.165) is 0 Å². The number of carboxylic acids is 1. The Morgan fingerprint density at radius 1 is 0.912 bits per heavy atom. The zero-order valence-corrected chi connectivity index (χ0v) is 19.4. The summed E-state index contributed by atoms with van der Waals surface area (Å²) in [5.41, 5.74) is 6.36. The van der Waals surface area contributed by atoms with Crippen LogP contribution in [-0.2, 0) is 25.6 Å². The van der Waals surface area contributed by atoms with Crippen LogP contribution in [0, 0.1) is 5.92 Å². The van der Waals surface area contributed by atoms with Crippen molar-refractivity contribution < 1.29 is 39.6 Å². The maximum absolute atomic E-state index is 12.9. The molecule has 0 bridgehead atoms. The first kappa shape index (κ1) is 28.8. The average molecular weight is 483 g/mol. The van der Waals surface area contributed by atoms with Crippen LogP contribution < -0.4 is 21.7 Å². The third-order valence-corrected chi connectivity index (χ3v) is 4.93. The molecule has 0 saturated carbocycles. The van der Waals surface area contributed by atoms with E-state index in [0.29, 0.717) is 12.0 Å². The zero-order valence-electron chi connectivity index (χ0n) is 19.4. The van der Waals surface area contributed by atoms with Gasteiger partial charge in [0.1, 0.15) is 23.9 Å². The van der Waals surface area contributed by atoms with E-state index in [4.69, 9.17) is 10.8 Å². The summed E-state index contributed by atoms with van der Waals surface area (Å²) in [7, 11) is 0. The monoisotopic (exact) mass is 482 g/mol. The van der Waals surface area contributed by atoms with E-state index in [1.807, 2.05) is 13.8 Å². The molecular formula is C22H34N4O8. The van der Waals surface area contributed by atoms with Crippen LogP contribution in [0.15, 0.2) is 24.3 Å². The number of rotatable bonds is 13. The van der Waals surface area contributed by atoms with E-state index in [1.165, 1.54) is 31.2 Å². The molecule has 0 saturated heterocycles. The number of aliphatic hydroxyl groups is 2. The van der Waals surface area contributed by atoms with Crippen LogP contribution in [-0.4, -0.2) is 81.0 Å². The van der Waals surface area contributed by atoms with Gasteiger partial charge >= 0.3 is 5.97 Å². The van der Waals surface area contributed by atoms with Crippen LogP contribution in [0.4, 0.5) is 0 Å². The van der Waals surface area contributed by atoms with Gasteiger partial charge in [-0.1, -0.05) is 26.0 Å². The fourth-order valence-electron chi connectivity index (χ4n) is 3.08. The van der Waals surface area contributed by atoms with Crippen LogP contribution >= 0.6 is 0 Å². The van der Waals surface area contributed by atoms with Crippen molar-refractivity contribution in [3.63, 3.8) is 0 Å². The number of phenols is 1. The summed E-state index contributed by atoms with van der Waals surface area (Å²) in [5.74, 6) is -3.83. The average Bonchev–Trinajstić information content (AvgIpc) is 2.75. The van der Waals surface area contributed by atoms with Crippen LogP contribution in [0.5, 0.6) is 5.75 Å². The molecule has 1 rings (SSSR count). The molecular weight excluding hydrogens is 448 g/mol. The molecule has 0 fully saturated rings. The predicted octanol–water partition coefficient (Wildman–Crippen LogP) is -1.78. The number of aromatic hydroxyl groups is 1. The highest BCUT2D eigenvalue weighted by molar-refractivity contribution is 5.94. The van der Waals surface area contributed by atoms with Gasteiger partial charge in [-0.25, -0.2) is 4.79 Å². The Morgan fingerprint density at radius 2 is 1.47 bits per heavy atom. The molecule has 0 aliphatic carbocycles. The highest BCUT2D eigenvalue weighted by Gasteiger charge is 2.32. The number of benzene rings is 1. The number of nitrogens with one attached hydrogen (secondary N) is 3. The molecule has 5 atom stereocenters. The fourth-order valence-corrected chi connectivity index (χ4v) is 3.08. The number of carbonyl (C=O) groups is 4. The summed E-state index contributed by atoms with van der Waals surface area (Å²) < 4.78 is 0. The quantitative estimate of drug-likeness (QED) is 0.159. The summed E-state index contributed by atoms with van der Waals surface area (Å²) in [6, 6.07) is 0.465. The van der Waals surface area contributed by atoms with Crippen molar-refractivity contribution in [2.24, 2.45) is 11.7 Å². The molecule has 34 heavy (non-hydrogen) atoms. The number of phenolic OH excluding ortho intramolecular Hbond substituents is 1. The van der Waals surface area contributed by atoms with Gasteiger partial charge in [0.25, 0.3) is 0 Å². The number of nitrogens with two attached hydrogens (primary N) is 1. The number of carbonyl (C=O) groups excluding carboxylic acids is 3. The SMILES string of the molecule is CC(C)CC(N)C(=O)NC(C(=O)NC(Cc1ccc(O)cc1)C(=O)NC(CO)C(=O)O)C(C)O. The fraction of sp³-hybridized carbons (Fsp3) is 0.545. The Kier molecular flexibility index (Phi) is 11.4. The first-order valence-electron chi connectivity index (χ1n) is 10.8. The topological polar surface area (TPSA) is 211 Å². The molecule has 0 heterocycles. The van der Waals surface area contributed by atoms with Gasteiger partial charge in [0.05, 0.1) is 18.8 Å². The van der Waals surface area contributed by atoms with Gasteiger partial charge in [0, 0.05) is 6.42 Å². The van der Waals surface area contributed by atoms with Gasteiger partial charge in [-0.3, -0.25) is 14.4 Å². The number of amides is 3. The largest absolute Gasteiger partial charge is 0.508 e. The summed E-state index contributed by atoms with van der Waals surface area (Å²) in [4.78, 5) is 49.2. The van der Waals surface area contributed by atoms with Crippen molar-refractivity contribution in [3.05, 3.63) is 29.8 Å².